The summed E-state index contributed by atoms with van der Waals surface area (Å²) in [5.74, 6) is -1.72. The Morgan fingerprint density at radius 1 is 1.21 bits per heavy atom. The third kappa shape index (κ3) is 2.12. The van der Waals surface area contributed by atoms with Crippen LogP contribution in [0.2, 0.25) is 0 Å². The van der Waals surface area contributed by atoms with Gasteiger partial charge < -0.3 is 5.73 Å². The summed E-state index contributed by atoms with van der Waals surface area (Å²) < 4.78 is 22.2. The predicted molar refractivity (Wildman–Crippen MR) is 50.2 cm³/mol. The Morgan fingerprint density at radius 2 is 1.64 bits per heavy atom. The van der Waals surface area contributed by atoms with E-state index < -0.39 is 26.9 Å². The topological polar surface area (TPSA) is 94.3 Å². The number of ketones is 1. The third-order valence-corrected chi connectivity index (χ3v) is 4.35. The molecule has 0 aromatic carbocycles. The van der Waals surface area contributed by atoms with Gasteiger partial charge in [0, 0.05) is 5.41 Å². The van der Waals surface area contributed by atoms with Gasteiger partial charge in [0.2, 0.25) is 5.78 Å². The Balaban J connectivity index is 2.81. The van der Waals surface area contributed by atoms with Gasteiger partial charge in [0.05, 0.1) is 11.5 Å². The van der Waals surface area contributed by atoms with E-state index in [0.717, 1.165) is 0 Å². The predicted octanol–water partition coefficient (Wildman–Crippen LogP) is -0.744. The lowest BCUT2D eigenvalue weighted by atomic mass is 9.80. The summed E-state index contributed by atoms with van der Waals surface area (Å²) in [5.41, 5.74) is 4.00. The zero-order valence-electron chi connectivity index (χ0n) is 7.95. The molecule has 1 amide bonds. The van der Waals surface area contributed by atoms with Crippen molar-refractivity contribution in [3.63, 3.8) is 0 Å². The summed E-state index contributed by atoms with van der Waals surface area (Å²) >= 11 is 0. The number of rotatable bonds is 2. The molecular formula is C8H13NO4S. The van der Waals surface area contributed by atoms with Gasteiger partial charge in [0.1, 0.15) is 9.84 Å². The normalized spacial score (nSPS) is 24.1. The van der Waals surface area contributed by atoms with Crippen molar-refractivity contribution < 1.29 is 18.0 Å². The lowest BCUT2D eigenvalue weighted by Crippen LogP contribution is -2.43. The van der Waals surface area contributed by atoms with Crippen LogP contribution in [0.4, 0.5) is 0 Å². The lowest BCUT2D eigenvalue weighted by Gasteiger charge is -2.30. The fourth-order valence-corrected chi connectivity index (χ4v) is 3.24. The number of carbonyl (C=O) groups is 2. The molecule has 1 heterocycles. The summed E-state index contributed by atoms with van der Waals surface area (Å²) in [6.45, 7) is 1.59. The van der Waals surface area contributed by atoms with Gasteiger partial charge in [-0.15, -0.1) is 0 Å². The van der Waals surface area contributed by atoms with E-state index in [1.54, 1.807) is 6.92 Å². The Kier molecular flexibility index (Phi) is 2.67. The summed E-state index contributed by atoms with van der Waals surface area (Å²) in [4.78, 5) is 22.0. The zero-order valence-corrected chi connectivity index (χ0v) is 8.76. The molecule has 80 valence electrons. The number of primary amides is 1. The first kappa shape index (κ1) is 11.2. The van der Waals surface area contributed by atoms with E-state index in [2.05, 4.69) is 0 Å². The number of nitrogens with two attached hydrogens (primary N) is 1. The monoisotopic (exact) mass is 219 g/mol. The summed E-state index contributed by atoms with van der Waals surface area (Å²) in [6, 6.07) is 0. The minimum atomic E-state index is -3.02. The Bertz CT molecular complexity index is 357. The molecular weight excluding hydrogens is 206 g/mol. The van der Waals surface area contributed by atoms with E-state index >= 15 is 0 Å². The maximum absolute atomic E-state index is 11.4. The SMILES string of the molecule is CC1(C(=O)C(N)=O)CCS(=O)(=O)CC1. The molecule has 2 N–H and O–H groups in total. The molecule has 1 aliphatic rings. The van der Waals surface area contributed by atoms with Crippen molar-refractivity contribution >= 4 is 21.5 Å². The van der Waals surface area contributed by atoms with Crippen LogP contribution in [0, 0.1) is 5.41 Å². The van der Waals surface area contributed by atoms with Crippen LogP contribution >= 0.6 is 0 Å². The highest BCUT2D eigenvalue weighted by Crippen LogP contribution is 2.32. The Hall–Kier alpha value is -0.910. The summed E-state index contributed by atoms with van der Waals surface area (Å²) in [7, 11) is -3.02. The van der Waals surface area contributed by atoms with Crippen molar-refractivity contribution in [1.29, 1.82) is 0 Å². The van der Waals surface area contributed by atoms with E-state index in [1.165, 1.54) is 0 Å². The number of sulfone groups is 1. The van der Waals surface area contributed by atoms with Crippen molar-refractivity contribution in [3.8, 4) is 0 Å². The van der Waals surface area contributed by atoms with Crippen LogP contribution in [0.25, 0.3) is 0 Å². The van der Waals surface area contributed by atoms with Crippen molar-refractivity contribution in [2.45, 2.75) is 19.8 Å². The largest absolute Gasteiger partial charge is 0.363 e. The van der Waals surface area contributed by atoms with Gasteiger partial charge in [0.25, 0.3) is 5.91 Å². The molecule has 14 heavy (non-hydrogen) atoms. The van der Waals surface area contributed by atoms with E-state index in [9.17, 15) is 18.0 Å². The molecule has 0 radical (unpaired) electrons. The second-order valence-corrected chi connectivity index (χ2v) is 6.21. The van der Waals surface area contributed by atoms with Gasteiger partial charge in [-0.25, -0.2) is 8.42 Å². The first-order chi connectivity index (χ1) is 6.27. The molecule has 0 spiro atoms. The number of hydrogen-bond donors (Lipinski definition) is 1. The van der Waals surface area contributed by atoms with Gasteiger partial charge >= 0.3 is 0 Å². The smallest absolute Gasteiger partial charge is 0.285 e. The van der Waals surface area contributed by atoms with Crippen LogP contribution in [-0.2, 0) is 19.4 Å². The van der Waals surface area contributed by atoms with Crippen molar-refractivity contribution in [1.82, 2.24) is 0 Å². The number of hydrogen-bond acceptors (Lipinski definition) is 4. The molecule has 1 saturated heterocycles. The number of carbonyl (C=O) groups excluding carboxylic acids is 2. The van der Waals surface area contributed by atoms with Crippen LogP contribution < -0.4 is 5.73 Å². The van der Waals surface area contributed by atoms with E-state index in [4.69, 9.17) is 5.73 Å². The molecule has 0 unspecified atom stereocenters. The summed E-state index contributed by atoms with van der Waals surface area (Å²) in [6.07, 6.45) is 0.383. The molecule has 1 rings (SSSR count). The average molecular weight is 219 g/mol. The van der Waals surface area contributed by atoms with E-state index in [1.807, 2.05) is 0 Å². The lowest BCUT2D eigenvalue weighted by molar-refractivity contribution is -0.142. The van der Waals surface area contributed by atoms with Crippen LogP contribution in [0.5, 0.6) is 0 Å². The molecule has 1 fully saturated rings. The maximum Gasteiger partial charge on any atom is 0.285 e. The van der Waals surface area contributed by atoms with Gasteiger partial charge in [0.15, 0.2) is 0 Å². The second kappa shape index (κ2) is 3.34. The van der Waals surface area contributed by atoms with Crippen molar-refractivity contribution in [2.24, 2.45) is 11.1 Å². The Labute approximate surface area is 82.6 Å². The van der Waals surface area contributed by atoms with Crippen molar-refractivity contribution in [2.75, 3.05) is 11.5 Å². The van der Waals surface area contributed by atoms with Gasteiger partial charge in [-0.05, 0) is 12.8 Å². The van der Waals surface area contributed by atoms with E-state index in [0.29, 0.717) is 0 Å². The van der Waals surface area contributed by atoms with Crippen LogP contribution in [-0.4, -0.2) is 31.6 Å². The standard InChI is InChI=1S/C8H13NO4S/c1-8(6(10)7(9)11)2-4-14(12,13)5-3-8/h2-5H2,1H3,(H2,9,11). The highest BCUT2D eigenvalue weighted by molar-refractivity contribution is 7.91. The van der Waals surface area contributed by atoms with Crippen molar-refractivity contribution in [3.05, 3.63) is 0 Å². The average Bonchev–Trinajstić information content (AvgIpc) is 2.09. The maximum atomic E-state index is 11.4. The van der Waals surface area contributed by atoms with Crippen LogP contribution in [0.15, 0.2) is 0 Å². The third-order valence-electron chi connectivity index (χ3n) is 2.70. The molecule has 1 aliphatic heterocycles. The molecule has 0 aromatic rings. The molecule has 0 bridgehead atoms. The first-order valence-electron chi connectivity index (χ1n) is 4.31. The Morgan fingerprint density at radius 3 is 2.00 bits per heavy atom. The zero-order chi connectivity index (χ0) is 11.0. The fraction of sp³-hybridized carbons (Fsp3) is 0.750. The molecule has 0 atom stereocenters. The summed E-state index contributed by atoms with van der Waals surface area (Å²) in [5, 5.41) is 0. The van der Waals surface area contributed by atoms with Gasteiger partial charge in [-0.1, -0.05) is 6.92 Å². The van der Waals surface area contributed by atoms with Crippen LogP contribution in [0.3, 0.4) is 0 Å². The molecule has 5 nitrogen and oxygen atoms in total. The van der Waals surface area contributed by atoms with Gasteiger partial charge in [-0.3, -0.25) is 9.59 Å². The minimum Gasteiger partial charge on any atom is -0.363 e. The number of amides is 1. The first-order valence-corrected chi connectivity index (χ1v) is 6.14. The van der Waals surface area contributed by atoms with Crippen LogP contribution in [0.1, 0.15) is 19.8 Å². The highest BCUT2D eigenvalue weighted by Gasteiger charge is 2.41. The number of Topliss-reactive ketones (excluding diaryl/α,β-unsaturated/α-hetero) is 1. The molecule has 0 saturated carbocycles. The quantitative estimate of drug-likeness (QED) is 0.618. The molecule has 6 heteroatoms. The fourth-order valence-electron chi connectivity index (χ4n) is 1.51. The highest BCUT2D eigenvalue weighted by atomic mass is 32.2. The second-order valence-electron chi connectivity index (χ2n) is 3.91. The van der Waals surface area contributed by atoms with Gasteiger partial charge in [-0.2, -0.15) is 0 Å². The minimum absolute atomic E-state index is 0.0392. The van der Waals surface area contributed by atoms with E-state index in [-0.39, 0.29) is 24.3 Å². The molecule has 0 aliphatic carbocycles. The molecule has 0 aromatic heterocycles.